The normalized spacial score (nSPS) is 17.1. The van der Waals surface area contributed by atoms with E-state index in [-0.39, 0.29) is 6.61 Å². The molecular formula is C11H22N2O2S. The third-order valence-electron chi connectivity index (χ3n) is 2.71. The molecule has 4 nitrogen and oxygen atoms in total. The number of thiocarbonyl (C=S) groups is 1. The third kappa shape index (κ3) is 6.25. The lowest BCUT2D eigenvalue weighted by Crippen LogP contribution is -2.43. The van der Waals surface area contributed by atoms with Crippen molar-refractivity contribution in [2.45, 2.75) is 38.1 Å². The summed E-state index contributed by atoms with van der Waals surface area (Å²) in [6.07, 6.45) is 6.42. The smallest absolute Gasteiger partial charge is 0.166 e. The lowest BCUT2D eigenvalue weighted by atomic mass is 9.96. The van der Waals surface area contributed by atoms with Crippen molar-refractivity contribution in [1.82, 2.24) is 10.6 Å². The zero-order chi connectivity index (χ0) is 11.6. The van der Waals surface area contributed by atoms with E-state index in [1.165, 1.54) is 32.1 Å². The van der Waals surface area contributed by atoms with Crippen LogP contribution in [0.4, 0.5) is 0 Å². The first kappa shape index (κ1) is 13.7. The van der Waals surface area contributed by atoms with Crippen LogP contribution in [-0.4, -0.2) is 42.6 Å². The molecule has 1 rings (SSSR count). The fraction of sp³-hybridized carbons (Fsp3) is 0.909. The van der Waals surface area contributed by atoms with Gasteiger partial charge in [-0.1, -0.05) is 19.3 Å². The highest BCUT2D eigenvalue weighted by molar-refractivity contribution is 7.80. The van der Waals surface area contributed by atoms with Crippen molar-refractivity contribution in [1.29, 1.82) is 0 Å². The van der Waals surface area contributed by atoms with Gasteiger partial charge in [0.25, 0.3) is 0 Å². The molecule has 0 aromatic rings. The molecule has 0 radical (unpaired) electrons. The molecule has 0 bridgehead atoms. The van der Waals surface area contributed by atoms with Gasteiger partial charge >= 0.3 is 0 Å². The molecule has 1 aliphatic carbocycles. The predicted molar refractivity (Wildman–Crippen MR) is 68.5 cm³/mol. The van der Waals surface area contributed by atoms with Crippen molar-refractivity contribution < 1.29 is 9.84 Å². The predicted octanol–water partition coefficient (Wildman–Crippen LogP) is 0.792. The van der Waals surface area contributed by atoms with E-state index in [0.29, 0.717) is 25.8 Å². The number of rotatable bonds is 6. The SMILES string of the molecule is OCCOCCNC(=S)NC1CCCCC1. The van der Waals surface area contributed by atoms with Crippen molar-refractivity contribution in [3.05, 3.63) is 0 Å². The molecule has 5 heteroatoms. The maximum atomic E-state index is 8.51. The van der Waals surface area contributed by atoms with Crippen molar-refractivity contribution in [2.24, 2.45) is 0 Å². The maximum Gasteiger partial charge on any atom is 0.166 e. The van der Waals surface area contributed by atoms with Gasteiger partial charge < -0.3 is 20.5 Å². The van der Waals surface area contributed by atoms with Crippen LogP contribution in [-0.2, 0) is 4.74 Å². The average Bonchev–Trinajstić information content (AvgIpc) is 2.30. The van der Waals surface area contributed by atoms with E-state index < -0.39 is 0 Å². The van der Waals surface area contributed by atoms with Crippen molar-refractivity contribution in [2.75, 3.05) is 26.4 Å². The van der Waals surface area contributed by atoms with Gasteiger partial charge in [0, 0.05) is 12.6 Å². The van der Waals surface area contributed by atoms with Gasteiger partial charge in [0.05, 0.1) is 19.8 Å². The average molecular weight is 246 g/mol. The second-order valence-electron chi connectivity index (χ2n) is 4.07. The topological polar surface area (TPSA) is 53.5 Å². The summed E-state index contributed by atoms with van der Waals surface area (Å²) in [6, 6.07) is 0.548. The third-order valence-corrected chi connectivity index (χ3v) is 2.97. The molecule has 0 atom stereocenters. The van der Waals surface area contributed by atoms with Crippen LogP contribution < -0.4 is 10.6 Å². The number of ether oxygens (including phenoxy) is 1. The summed E-state index contributed by atoms with van der Waals surface area (Å²) in [5.41, 5.74) is 0. The van der Waals surface area contributed by atoms with E-state index in [9.17, 15) is 0 Å². The van der Waals surface area contributed by atoms with Crippen LogP contribution >= 0.6 is 12.2 Å². The van der Waals surface area contributed by atoms with E-state index >= 15 is 0 Å². The number of nitrogens with one attached hydrogen (secondary N) is 2. The summed E-state index contributed by atoms with van der Waals surface area (Å²) in [4.78, 5) is 0. The lowest BCUT2D eigenvalue weighted by Gasteiger charge is -2.24. The molecule has 94 valence electrons. The van der Waals surface area contributed by atoms with E-state index in [1.807, 2.05) is 0 Å². The van der Waals surface area contributed by atoms with Crippen LogP contribution in [0, 0.1) is 0 Å². The van der Waals surface area contributed by atoms with E-state index in [4.69, 9.17) is 22.1 Å². The summed E-state index contributed by atoms with van der Waals surface area (Å²) in [5.74, 6) is 0. The second kappa shape index (κ2) is 8.73. The highest BCUT2D eigenvalue weighted by atomic mass is 32.1. The van der Waals surface area contributed by atoms with Crippen molar-refractivity contribution in [3.8, 4) is 0 Å². The molecule has 1 saturated carbocycles. The number of hydrogen-bond donors (Lipinski definition) is 3. The summed E-state index contributed by atoms with van der Waals surface area (Å²) in [6.45, 7) is 1.74. The van der Waals surface area contributed by atoms with Gasteiger partial charge in [0.2, 0.25) is 0 Å². The lowest BCUT2D eigenvalue weighted by molar-refractivity contribution is 0.0958. The monoisotopic (exact) mass is 246 g/mol. The molecular weight excluding hydrogens is 224 g/mol. The Balaban J connectivity index is 1.97. The number of aliphatic hydroxyl groups is 1. The minimum absolute atomic E-state index is 0.0742. The van der Waals surface area contributed by atoms with Gasteiger partial charge in [-0.3, -0.25) is 0 Å². The molecule has 1 fully saturated rings. The highest BCUT2D eigenvalue weighted by Gasteiger charge is 2.13. The molecule has 0 heterocycles. The van der Waals surface area contributed by atoms with Crippen molar-refractivity contribution >= 4 is 17.3 Å². The Morgan fingerprint density at radius 1 is 1.25 bits per heavy atom. The molecule has 0 aromatic carbocycles. The quantitative estimate of drug-likeness (QED) is 0.478. The molecule has 0 spiro atoms. The molecule has 0 unspecified atom stereocenters. The molecule has 0 saturated heterocycles. The summed E-state index contributed by atoms with van der Waals surface area (Å²) < 4.78 is 5.12. The van der Waals surface area contributed by atoms with Crippen LogP contribution in [0.15, 0.2) is 0 Å². The maximum absolute atomic E-state index is 8.51. The van der Waals surface area contributed by atoms with Gasteiger partial charge in [0.15, 0.2) is 5.11 Å². The second-order valence-corrected chi connectivity index (χ2v) is 4.48. The first-order valence-corrected chi connectivity index (χ1v) is 6.46. The first-order valence-electron chi connectivity index (χ1n) is 6.06. The van der Waals surface area contributed by atoms with Crippen LogP contribution in [0.3, 0.4) is 0 Å². The number of hydrogen-bond acceptors (Lipinski definition) is 3. The summed E-state index contributed by atoms with van der Waals surface area (Å²) >= 11 is 5.19. The van der Waals surface area contributed by atoms with Gasteiger partial charge in [-0.2, -0.15) is 0 Å². The molecule has 16 heavy (non-hydrogen) atoms. The Bertz CT molecular complexity index is 196. The summed E-state index contributed by atoms with van der Waals surface area (Å²) in [7, 11) is 0. The molecule has 0 amide bonds. The largest absolute Gasteiger partial charge is 0.394 e. The van der Waals surface area contributed by atoms with E-state index in [2.05, 4.69) is 10.6 Å². The fourth-order valence-electron chi connectivity index (χ4n) is 1.89. The zero-order valence-corrected chi connectivity index (χ0v) is 10.5. The van der Waals surface area contributed by atoms with Crippen LogP contribution in [0.25, 0.3) is 0 Å². The Hall–Kier alpha value is -0.390. The van der Waals surface area contributed by atoms with Crippen LogP contribution in [0.2, 0.25) is 0 Å². The Morgan fingerprint density at radius 2 is 2.00 bits per heavy atom. The summed E-state index contributed by atoms with van der Waals surface area (Å²) in [5, 5.41) is 15.7. The molecule has 0 aliphatic heterocycles. The van der Waals surface area contributed by atoms with Crippen LogP contribution in [0.1, 0.15) is 32.1 Å². The van der Waals surface area contributed by atoms with E-state index in [1.54, 1.807) is 0 Å². The minimum Gasteiger partial charge on any atom is -0.394 e. The van der Waals surface area contributed by atoms with Gasteiger partial charge in [-0.15, -0.1) is 0 Å². The molecule has 3 N–H and O–H groups in total. The first-order chi connectivity index (χ1) is 7.83. The van der Waals surface area contributed by atoms with Crippen molar-refractivity contribution in [3.63, 3.8) is 0 Å². The Kier molecular flexibility index (Phi) is 7.46. The van der Waals surface area contributed by atoms with Crippen LogP contribution in [0.5, 0.6) is 0 Å². The zero-order valence-electron chi connectivity index (χ0n) is 9.71. The van der Waals surface area contributed by atoms with Gasteiger partial charge in [-0.05, 0) is 25.1 Å². The molecule has 1 aliphatic rings. The number of aliphatic hydroxyl groups excluding tert-OH is 1. The molecule has 0 aromatic heterocycles. The minimum atomic E-state index is 0.0742. The standard InChI is InChI=1S/C11H22N2O2S/c14-7-9-15-8-6-12-11(16)13-10-4-2-1-3-5-10/h10,14H,1-9H2,(H2,12,13,16). The van der Waals surface area contributed by atoms with Gasteiger partial charge in [-0.25, -0.2) is 0 Å². The Labute approximate surface area is 103 Å². The Morgan fingerprint density at radius 3 is 2.69 bits per heavy atom. The van der Waals surface area contributed by atoms with Gasteiger partial charge in [0.1, 0.15) is 0 Å². The highest BCUT2D eigenvalue weighted by Crippen LogP contribution is 2.16. The fourth-order valence-corrected chi connectivity index (χ4v) is 2.16. The van der Waals surface area contributed by atoms with E-state index in [0.717, 1.165) is 5.11 Å².